The Kier molecular flexibility index (Phi) is 9.76. The number of benzene rings is 1. The maximum absolute atomic E-state index is 11.5. The number of H-pyrrole nitrogens is 1. The van der Waals surface area contributed by atoms with Crippen molar-refractivity contribution in [3.8, 4) is 0 Å². The third-order valence-corrected chi connectivity index (χ3v) is 3.15. The zero-order chi connectivity index (χ0) is 21.6. The van der Waals surface area contributed by atoms with Crippen LogP contribution in [0.15, 0.2) is 54.6 Å². The molecular formula is C19H22N4O6. The molecule has 1 amide bonds. The van der Waals surface area contributed by atoms with E-state index in [1.54, 1.807) is 19.1 Å². The topological polar surface area (TPSA) is 168 Å². The van der Waals surface area contributed by atoms with Gasteiger partial charge >= 0.3 is 12.1 Å². The first-order chi connectivity index (χ1) is 13.8. The second-order valence-electron chi connectivity index (χ2n) is 5.38. The average molecular weight is 402 g/mol. The minimum Gasteiger partial charge on any atom is -0.545 e. The van der Waals surface area contributed by atoms with Gasteiger partial charge in [0.2, 0.25) is 11.6 Å². The summed E-state index contributed by atoms with van der Waals surface area (Å²) < 4.78 is 4.87. The lowest BCUT2D eigenvalue weighted by Crippen LogP contribution is -2.22. The van der Waals surface area contributed by atoms with Gasteiger partial charge in [0.1, 0.15) is 5.69 Å². The molecule has 0 aliphatic rings. The van der Waals surface area contributed by atoms with E-state index in [0.29, 0.717) is 42.6 Å². The van der Waals surface area contributed by atoms with E-state index in [1.165, 1.54) is 0 Å². The first-order valence-corrected chi connectivity index (χ1v) is 8.47. The van der Waals surface area contributed by atoms with Crippen LogP contribution in [0.1, 0.15) is 12.5 Å². The highest BCUT2D eigenvalue weighted by Gasteiger charge is 2.12. The number of ether oxygens (including phenoxy) is 1. The second-order valence-corrected chi connectivity index (χ2v) is 5.38. The Hall–Kier alpha value is -4.08. The quantitative estimate of drug-likeness (QED) is 0.489. The Morgan fingerprint density at radius 2 is 1.86 bits per heavy atom. The molecule has 10 heteroatoms. The lowest BCUT2D eigenvalue weighted by molar-refractivity contribution is -0.342. The van der Waals surface area contributed by atoms with Crippen molar-refractivity contribution >= 4 is 35.4 Å². The molecule has 1 aromatic heterocycles. The van der Waals surface area contributed by atoms with E-state index in [0.717, 1.165) is 5.56 Å². The molecule has 154 valence electrons. The van der Waals surface area contributed by atoms with Crippen LogP contribution in [-0.2, 0) is 20.9 Å². The number of nitrogen functional groups attached to an aromatic ring is 1. The molecule has 2 aromatic rings. The number of pyridine rings is 1. The summed E-state index contributed by atoms with van der Waals surface area (Å²) in [6, 6.07) is 13.3. The summed E-state index contributed by atoms with van der Waals surface area (Å²) in [6.45, 7) is 2.68. The number of aromatic amines is 1. The summed E-state index contributed by atoms with van der Waals surface area (Å²) >= 11 is 0. The molecule has 0 aliphatic carbocycles. The Morgan fingerprint density at radius 1 is 1.17 bits per heavy atom. The van der Waals surface area contributed by atoms with Crippen LogP contribution in [0.25, 0.3) is 0 Å². The molecule has 0 unspecified atom stereocenters. The maximum Gasteiger partial charge on any atom is 0.411 e. The molecule has 0 saturated carbocycles. The van der Waals surface area contributed by atoms with Crippen LogP contribution < -0.4 is 26.5 Å². The number of rotatable bonds is 7. The maximum atomic E-state index is 11.5. The summed E-state index contributed by atoms with van der Waals surface area (Å²) in [6.07, 6.45) is 0.441. The van der Waals surface area contributed by atoms with Gasteiger partial charge in [-0.3, -0.25) is 10.6 Å². The van der Waals surface area contributed by atoms with Crippen molar-refractivity contribution in [3.05, 3.63) is 60.2 Å². The number of aliphatic carboxylic acids is 2. The van der Waals surface area contributed by atoms with Gasteiger partial charge in [-0.2, -0.15) is 0 Å². The predicted octanol–water partition coefficient (Wildman–Crippen LogP) is 0.641. The first-order valence-electron chi connectivity index (χ1n) is 8.47. The highest BCUT2D eigenvalue weighted by atomic mass is 16.5. The molecule has 0 aliphatic heterocycles. The number of aromatic nitrogens is 1. The van der Waals surface area contributed by atoms with Crippen molar-refractivity contribution in [1.29, 1.82) is 0 Å². The van der Waals surface area contributed by atoms with Crippen molar-refractivity contribution in [2.75, 3.05) is 23.0 Å². The third-order valence-electron chi connectivity index (χ3n) is 3.15. The molecule has 1 heterocycles. The molecule has 0 bridgehead atoms. The number of amides is 1. The van der Waals surface area contributed by atoms with Gasteiger partial charge in [0.15, 0.2) is 0 Å². The zero-order valence-corrected chi connectivity index (χ0v) is 15.7. The summed E-state index contributed by atoms with van der Waals surface area (Å²) in [7, 11) is 0. The standard InChI is InChI=1S/C15H18N4O2.C4H4O4/c1-2-21-15(20)18-12-8-9-13(16)19-14(12)17-10-11-6-4-3-5-7-11;5-3(6)1-2-4(7)8/h3-9H,2,10H2,1H3,(H,18,20)(H3,16,17,19);1-2H,(H,5,6)(H,7,8)/b;2-1+. The van der Waals surface area contributed by atoms with Crippen LogP contribution >= 0.6 is 0 Å². The molecule has 1 aromatic carbocycles. The van der Waals surface area contributed by atoms with Gasteiger partial charge in [-0.05, 0) is 24.6 Å². The number of hydrogen-bond donors (Lipinski definition) is 4. The largest absolute Gasteiger partial charge is 0.545 e. The Morgan fingerprint density at radius 3 is 2.41 bits per heavy atom. The Labute approximate surface area is 167 Å². The van der Waals surface area contributed by atoms with Gasteiger partial charge in [0, 0.05) is 12.1 Å². The van der Waals surface area contributed by atoms with Gasteiger partial charge in [0.05, 0.1) is 19.1 Å². The van der Waals surface area contributed by atoms with Crippen molar-refractivity contribution < 1.29 is 34.3 Å². The number of anilines is 3. The van der Waals surface area contributed by atoms with E-state index in [4.69, 9.17) is 15.6 Å². The van der Waals surface area contributed by atoms with Crippen LogP contribution in [0.4, 0.5) is 22.1 Å². The molecular weight excluding hydrogens is 380 g/mol. The fourth-order valence-corrected chi connectivity index (χ4v) is 1.96. The number of carboxylic acid groups (broad SMARTS) is 2. The zero-order valence-electron chi connectivity index (χ0n) is 15.7. The lowest BCUT2D eigenvalue weighted by atomic mass is 10.2. The van der Waals surface area contributed by atoms with Crippen LogP contribution in [0.2, 0.25) is 0 Å². The van der Waals surface area contributed by atoms with E-state index >= 15 is 0 Å². The molecule has 6 N–H and O–H groups in total. The third kappa shape index (κ3) is 9.99. The molecule has 0 atom stereocenters. The lowest BCUT2D eigenvalue weighted by Gasteiger charge is -2.09. The molecule has 0 spiro atoms. The summed E-state index contributed by atoms with van der Waals surface area (Å²) in [5.74, 6) is -1.67. The van der Waals surface area contributed by atoms with E-state index in [1.807, 2.05) is 30.3 Å². The number of carboxylic acids is 2. The molecule has 0 radical (unpaired) electrons. The number of nitrogens with one attached hydrogen (secondary N) is 3. The number of carbonyl (C=O) groups is 3. The first kappa shape index (κ1) is 23.0. The number of carbonyl (C=O) groups excluding carboxylic acids is 2. The molecule has 0 saturated heterocycles. The Bertz CT molecular complexity index is 839. The van der Waals surface area contributed by atoms with Gasteiger partial charge < -0.3 is 25.5 Å². The molecule has 0 fully saturated rings. The highest BCUT2D eigenvalue weighted by molar-refractivity contribution is 5.89. The normalized spacial score (nSPS) is 9.83. The van der Waals surface area contributed by atoms with E-state index in [9.17, 15) is 19.5 Å². The molecule has 29 heavy (non-hydrogen) atoms. The highest BCUT2D eigenvalue weighted by Crippen LogP contribution is 2.18. The summed E-state index contributed by atoms with van der Waals surface area (Å²) in [4.78, 5) is 33.5. The van der Waals surface area contributed by atoms with E-state index < -0.39 is 18.0 Å². The van der Waals surface area contributed by atoms with Gasteiger partial charge in [-0.1, -0.05) is 30.3 Å². The number of hydrogen-bond acceptors (Lipinski definition) is 7. The van der Waals surface area contributed by atoms with Crippen LogP contribution in [0, 0.1) is 0 Å². The monoisotopic (exact) mass is 402 g/mol. The van der Waals surface area contributed by atoms with Crippen molar-refractivity contribution in [2.45, 2.75) is 13.5 Å². The van der Waals surface area contributed by atoms with Gasteiger partial charge in [-0.15, -0.1) is 0 Å². The van der Waals surface area contributed by atoms with E-state index in [-0.39, 0.29) is 0 Å². The van der Waals surface area contributed by atoms with Crippen molar-refractivity contribution in [1.82, 2.24) is 0 Å². The Balaban J connectivity index is 0.000000447. The summed E-state index contributed by atoms with van der Waals surface area (Å²) in [5, 5.41) is 23.1. The van der Waals surface area contributed by atoms with E-state index in [2.05, 4.69) is 15.6 Å². The van der Waals surface area contributed by atoms with Gasteiger partial charge in [0.25, 0.3) is 0 Å². The SMILES string of the molecule is CCOC(=O)Nc1ccc(N)[nH+]c1NCc1ccccc1.O=C([O-])/C=C/C(=O)O. The van der Waals surface area contributed by atoms with Crippen molar-refractivity contribution in [3.63, 3.8) is 0 Å². The average Bonchev–Trinajstić information content (AvgIpc) is 2.68. The van der Waals surface area contributed by atoms with Crippen LogP contribution in [0.3, 0.4) is 0 Å². The number of nitrogens with two attached hydrogens (primary N) is 1. The summed E-state index contributed by atoms with van der Waals surface area (Å²) in [5.41, 5.74) is 7.45. The van der Waals surface area contributed by atoms with Crippen molar-refractivity contribution in [2.24, 2.45) is 0 Å². The van der Waals surface area contributed by atoms with Gasteiger partial charge in [-0.25, -0.2) is 14.6 Å². The van der Waals surface area contributed by atoms with Crippen LogP contribution in [0.5, 0.6) is 0 Å². The minimum atomic E-state index is -1.51. The fourth-order valence-electron chi connectivity index (χ4n) is 1.96. The minimum absolute atomic E-state index is 0.317. The smallest absolute Gasteiger partial charge is 0.411 e. The predicted molar refractivity (Wildman–Crippen MR) is 104 cm³/mol. The molecule has 10 nitrogen and oxygen atoms in total. The fraction of sp³-hybridized carbons (Fsp3) is 0.158. The van der Waals surface area contributed by atoms with Crippen LogP contribution in [-0.4, -0.2) is 29.7 Å². The second kappa shape index (κ2) is 12.3. The molecule has 2 rings (SSSR count).